The maximum Gasteiger partial charge on any atom is 0.266 e. The maximum absolute atomic E-state index is 12.6. The number of carbonyl (C=O) groups excluding carboxylic acids is 3. The summed E-state index contributed by atoms with van der Waals surface area (Å²) in [5, 5.41) is 0. The van der Waals surface area contributed by atoms with E-state index in [0.717, 1.165) is 4.90 Å². The molecule has 21 heavy (non-hydrogen) atoms. The monoisotopic (exact) mass is 299 g/mol. The van der Waals surface area contributed by atoms with Crippen LogP contribution in [0.2, 0.25) is 0 Å². The zero-order valence-electron chi connectivity index (χ0n) is 10.9. The van der Waals surface area contributed by atoms with Gasteiger partial charge >= 0.3 is 0 Å². The first-order valence-electron chi connectivity index (χ1n) is 6.31. The molecule has 1 aliphatic rings. The van der Waals surface area contributed by atoms with Crippen LogP contribution in [0.25, 0.3) is 0 Å². The fraction of sp³-hybridized carbons (Fsp3) is 0.0625. The van der Waals surface area contributed by atoms with E-state index >= 15 is 0 Å². The Balaban J connectivity index is 2.15. The minimum atomic E-state index is -0.490. The van der Waals surface area contributed by atoms with Crippen molar-refractivity contribution in [3.8, 4) is 0 Å². The molecule has 0 atom stereocenters. The number of Topliss-reactive ketones (excluding diaryl/α,β-unsaturated/α-hetero) is 1. The molecular weight excluding hydrogens is 290 g/mol. The largest absolute Gasteiger partial charge is 0.293 e. The normalized spacial score (nSPS) is 13.5. The van der Waals surface area contributed by atoms with E-state index in [9.17, 15) is 14.4 Å². The Morgan fingerprint density at radius 1 is 0.952 bits per heavy atom. The summed E-state index contributed by atoms with van der Waals surface area (Å²) < 4.78 is 0. The lowest BCUT2D eigenvalue weighted by atomic mass is 10.0. The van der Waals surface area contributed by atoms with E-state index in [4.69, 9.17) is 11.6 Å². The van der Waals surface area contributed by atoms with Gasteiger partial charge in [0.1, 0.15) is 0 Å². The number of halogens is 1. The highest BCUT2D eigenvalue weighted by Crippen LogP contribution is 2.30. The molecule has 104 valence electrons. The Kier molecular flexibility index (Phi) is 3.31. The Labute approximate surface area is 125 Å². The lowest BCUT2D eigenvalue weighted by Crippen LogP contribution is -2.29. The van der Waals surface area contributed by atoms with E-state index in [1.54, 1.807) is 42.5 Å². The number of amides is 2. The number of ketones is 1. The number of hydrogen-bond acceptors (Lipinski definition) is 3. The second kappa shape index (κ2) is 5.14. The first kappa shape index (κ1) is 13.5. The highest BCUT2D eigenvalue weighted by atomic mass is 35.5. The number of fused-ring (bicyclic) bond motifs is 1. The zero-order chi connectivity index (χ0) is 15.0. The third-order valence-corrected chi connectivity index (χ3v) is 3.59. The number of benzene rings is 2. The lowest BCUT2D eigenvalue weighted by Gasteiger charge is -2.13. The number of para-hydroxylation sites is 1. The SMILES string of the molecule is O=C(CCl)c1cccc2c1C(=O)N(c1ccccc1)C2=O. The van der Waals surface area contributed by atoms with Crippen LogP contribution in [0.15, 0.2) is 48.5 Å². The molecule has 0 saturated heterocycles. The molecule has 5 heteroatoms. The number of nitrogens with zero attached hydrogens (tertiary/aromatic N) is 1. The van der Waals surface area contributed by atoms with Gasteiger partial charge in [-0.15, -0.1) is 11.6 Å². The minimum absolute atomic E-state index is 0.136. The summed E-state index contributed by atoms with van der Waals surface area (Å²) in [6, 6.07) is 13.3. The Hall–Kier alpha value is -2.46. The van der Waals surface area contributed by atoms with Crippen molar-refractivity contribution in [2.75, 3.05) is 10.8 Å². The Morgan fingerprint density at radius 2 is 1.67 bits per heavy atom. The number of carbonyl (C=O) groups is 3. The predicted molar refractivity (Wildman–Crippen MR) is 79.1 cm³/mol. The summed E-state index contributed by atoms with van der Waals surface area (Å²) in [6.45, 7) is 0. The number of alkyl halides is 1. The molecule has 0 spiro atoms. The summed E-state index contributed by atoms with van der Waals surface area (Å²) in [5.74, 6) is -1.52. The van der Waals surface area contributed by atoms with Crippen molar-refractivity contribution >= 4 is 34.9 Å². The fourth-order valence-electron chi connectivity index (χ4n) is 2.40. The van der Waals surface area contributed by atoms with Gasteiger partial charge in [-0.2, -0.15) is 0 Å². The van der Waals surface area contributed by atoms with Gasteiger partial charge in [0.2, 0.25) is 0 Å². The smallest absolute Gasteiger partial charge is 0.266 e. The molecule has 2 amide bonds. The first-order valence-corrected chi connectivity index (χ1v) is 6.84. The van der Waals surface area contributed by atoms with Gasteiger partial charge in [-0.25, -0.2) is 4.90 Å². The van der Waals surface area contributed by atoms with Crippen molar-refractivity contribution in [1.82, 2.24) is 0 Å². The molecule has 2 aromatic rings. The van der Waals surface area contributed by atoms with E-state index in [1.807, 2.05) is 0 Å². The van der Waals surface area contributed by atoms with Crippen LogP contribution in [-0.4, -0.2) is 23.5 Å². The highest BCUT2D eigenvalue weighted by Gasteiger charge is 2.39. The van der Waals surface area contributed by atoms with E-state index in [-0.39, 0.29) is 28.4 Å². The second-order valence-electron chi connectivity index (χ2n) is 4.57. The van der Waals surface area contributed by atoms with Gasteiger partial charge in [0.05, 0.1) is 22.7 Å². The van der Waals surface area contributed by atoms with Crippen molar-refractivity contribution in [3.05, 3.63) is 65.2 Å². The third-order valence-electron chi connectivity index (χ3n) is 3.35. The molecule has 0 N–H and O–H groups in total. The highest BCUT2D eigenvalue weighted by molar-refractivity contribution is 6.38. The predicted octanol–water partition coefficient (Wildman–Crippen LogP) is 2.91. The lowest BCUT2D eigenvalue weighted by molar-refractivity contribution is 0.0920. The average molecular weight is 300 g/mol. The summed E-state index contributed by atoms with van der Waals surface area (Å²) in [5.41, 5.74) is 1.05. The molecule has 0 saturated carbocycles. The number of hydrogen-bond donors (Lipinski definition) is 0. The van der Waals surface area contributed by atoms with Crippen LogP contribution in [0.1, 0.15) is 31.1 Å². The molecule has 0 aromatic heterocycles. The molecule has 1 aliphatic heterocycles. The molecule has 0 aliphatic carbocycles. The van der Waals surface area contributed by atoms with E-state index in [2.05, 4.69) is 0 Å². The molecule has 3 rings (SSSR count). The van der Waals surface area contributed by atoms with Crippen LogP contribution >= 0.6 is 11.6 Å². The fourth-order valence-corrected chi connectivity index (χ4v) is 2.55. The van der Waals surface area contributed by atoms with Crippen molar-refractivity contribution in [1.29, 1.82) is 0 Å². The van der Waals surface area contributed by atoms with Crippen LogP contribution in [0.3, 0.4) is 0 Å². The van der Waals surface area contributed by atoms with E-state index in [0.29, 0.717) is 5.69 Å². The van der Waals surface area contributed by atoms with Gasteiger partial charge < -0.3 is 0 Å². The molecule has 4 nitrogen and oxygen atoms in total. The second-order valence-corrected chi connectivity index (χ2v) is 4.83. The standard InChI is InChI=1S/C16H10ClNO3/c17-9-13(19)11-7-4-8-12-14(11)16(21)18(15(12)20)10-5-2-1-3-6-10/h1-8H,9H2. The van der Waals surface area contributed by atoms with Crippen LogP contribution < -0.4 is 4.90 Å². The van der Waals surface area contributed by atoms with Crippen LogP contribution in [0, 0.1) is 0 Å². The quantitative estimate of drug-likeness (QED) is 0.497. The van der Waals surface area contributed by atoms with E-state index < -0.39 is 11.8 Å². The van der Waals surface area contributed by atoms with Gasteiger partial charge in [-0.05, 0) is 18.2 Å². The Bertz CT molecular complexity index is 755. The Morgan fingerprint density at radius 3 is 2.33 bits per heavy atom. The third kappa shape index (κ3) is 2.04. The summed E-state index contributed by atoms with van der Waals surface area (Å²) in [7, 11) is 0. The van der Waals surface area contributed by atoms with Crippen LogP contribution in [0.5, 0.6) is 0 Å². The molecule has 0 radical (unpaired) electrons. The van der Waals surface area contributed by atoms with Crippen molar-refractivity contribution in [3.63, 3.8) is 0 Å². The maximum atomic E-state index is 12.6. The molecular formula is C16H10ClNO3. The van der Waals surface area contributed by atoms with Crippen molar-refractivity contribution in [2.24, 2.45) is 0 Å². The first-order chi connectivity index (χ1) is 10.1. The van der Waals surface area contributed by atoms with Crippen LogP contribution in [0.4, 0.5) is 5.69 Å². The summed E-state index contributed by atoms with van der Waals surface area (Å²) >= 11 is 5.57. The molecule has 0 fully saturated rings. The van der Waals surface area contributed by atoms with Gasteiger partial charge in [0, 0.05) is 5.56 Å². The number of rotatable bonds is 3. The molecule has 0 bridgehead atoms. The summed E-state index contributed by atoms with van der Waals surface area (Å²) in [4.78, 5) is 37.9. The van der Waals surface area contributed by atoms with Crippen LogP contribution in [-0.2, 0) is 0 Å². The summed E-state index contributed by atoms with van der Waals surface area (Å²) in [6.07, 6.45) is 0. The average Bonchev–Trinajstić information content (AvgIpc) is 2.79. The minimum Gasteiger partial charge on any atom is -0.293 e. The van der Waals surface area contributed by atoms with Gasteiger partial charge in [-0.3, -0.25) is 14.4 Å². The van der Waals surface area contributed by atoms with E-state index in [1.165, 1.54) is 6.07 Å². The zero-order valence-corrected chi connectivity index (χ0v) is 11.6. The number of anilines is 1. The molecule has 0 unspecified atom stereocenters. The molecule has 2 aromatic carbocycles. The molecule has 1 heterocycles. The van der Waals surface area contributed by atoms with Crippen molar-refractivity contribution < 1.29 is 14.4 Å². The van der Waals surface area contributed by atoms with Gasteiger partial charge in [0.15, 0.2) is 5.78 Å². The van der Waals surface area contributed by atoms with Gasteiger partial charge in [-0.1, -0.05) is 30.3 Å². The topological polar surface area (TPSA) is 54.5 Å². The van der Waals surface area contributed by atoms with Crippen molar-refractivity contribution in [2.45, 2.75) is 0 Å². The number of imide groups is 1. The van der Waals surface area contributed by atoms with Gasteiger partial charge in [0.25, 0.3) is 11.8 Å².